The molecule has 5 unspecified atom stereocenters. The van der Waals surface area contributed by atoms with E-state index in [1.54, 1.807) is 6.92 Å². The monoisotopic (exact) mass is 382 g/mol. The van der Waals surface area contributed by atoms with Crippen LogP contribution in [0.25, 0.3) is 0 Å². The molecule has 144 valence electrons. The SMILES string of the molecule is CC1OC2OC(C34CC5CC(CC(C5)C3)C4)=C(C(=O)O)SC2C(O)C1O. The summed E-state index contributed by atoms with van der Waals surface area (Å²) < 4.78 is 12.0. The highest BCUT2D eigenvalue weighted by Gasteiger charge is 2.58. The van der Waals surface area contributed by atoms with Crippen LogP contribution < -0.4 is 0 Å². The summed E-state index contributed by atoms with van der Waals surface area (Å²) in [7, 11) is 0. The van der Waals surface area contributed by atoms with Gasteiger partial charge in [0.2, 0.25) is 6.29 Å². The van der Waals surface area contributed by atoms with E-state index in [1.807, 2.05) is 0 Å². The predicted octanol–water partition coefficient (Wildman–Crippen LogP) is 2.10. The van der Waals surface area contributed by atoms with Gasteiger partial charge in [0, 0.05) is 5.41 Å². The molecule has 4 saturated carbocycles. The number of rotatable bonds is 2. The zero-order valence-electron chi connectivity index (χ0n) is 14.8. The molecule has 4 bridgehead atoms. The molecule has 5 atom stereocenters. The molecule has 3 N–H and O–H groups in total. The number of carbonyl (C=O) groups is 1. The van der Waals surface area contributed by atoms with Crippen molar-refractivity contribution in [1.82, 2.24) is 0 Å². The van der Waals surface area contributed by atoms with Gasteiger partial charge in [-0.05, 0) is 63.2 Å². The number of fused-ring (bicyclic) bond motifs is 1. The molecule has 0 amide bonds. The Hall–Kier alpha value is -0.760. The zero-order valence-corrected chi connectivity index (χ0v) is 15.7. The van der Waals surface area contributed by atoms with Gasteiger partial charge in [0.25, 0.3) is 0 Å². The van der Waals surface area contributed by atoms with Crippen molar-refractivity contribution in [2.75, 3.05) is 0 Å². The number of thioether (sulfide) groups is 1. The third-order valence-corrected chi connectivity index (χ3v) is 8.56. The summed E-state index contributed by atoms with van der Waals surface area (Å²) >= 11 is 1.11. The smallest absolute Gasteiger partial charge is 0.345 e. The molecule has 26 heavy (non-hydrogen) atoms. The lowest BCUT2D eigenvalue weighted by molar-refractivity contribution is -0.239. The summed E-state index contributed by atoms with van der Waals surface area (Å²) in [6.07, 6.45) is 3.46. The van der Waals surface area contributed by atoms with Crippen LogP contribution in [0.4, 0.5) is 0 Å². The maximum absolute atomic E-state index is 12.0. The van der Waals surface area contributed by atoms with Crippen molar-refractivity contribution < 1.29 is 29.6 Å². The molecule has 0 spiro atoms. The van der Waals surface area contributed by atoms with Crippen molar-refractivity contribution in [3.63, 3.8) is 0 Å². The lowest BCUT2D eigenvalue weighted by Gasteiger charge is -2.58. The van der Waals surface area contributed by atoms with Crippen LogP contribution in [0.3, 0.4) is 0 Å². The molecule has 7 heteroatoms. The molecule has 1 saturated heterocycles. The third kappa shape index (κ3) is 2.47. The number of aliphatic hydroxyl groups excluding tert-OH is 2. The number of ether oxygens (including phenoxy) is 2. The molecule has 0 radical (unpaired) electrons. The van der Waals surface area contributed by atoms with Gasteiger partial charge < -0.3 is 24.8 Å². The maximum atomic E-state index is 12.0. The van der Waals surface area contributed by atoms with E-state index in [0.29, 0.717) is 23.5 Å². The van der Waals surface area contributed by atoms with Crippen LogP contribution in [0.5, 0.6) is 0 Å². The van der Waals surface area contributed by atoms with Gasteiger partial charge in [-0.25, -0.2) is 4.79 Å². The Labute approximate surface area is 156 Å². The van der Waals surface area contributed by atoms with Gasteiger partial charge in [0.05, 0.1) is 6.10 Å². The molecule has 2 heterocycles. The summed E-state index contributed by atoms with van der Waals surface area (Å²) in [6.45, 7) is 1.71. The Bertz CT molecular complexity index is 625. The second-order valence-electron chi connectivity index (χ2n) is 9.05. The summed E-state index contributed by atoms with van der Waals surface area (Å²) in [4.78, 5) is 12.2. The van der Waals surface area contributed by atoms with Crippen LogP contribution in [0.2, 0.25) is 0 Å². The van der Waals surface area contributed by atoms with Gasteiger partial charge in [-0.1, -0.05) is 0 Å². The minimum absolute atomic E-state index is 0.186. The molecule has 5 fully saturated rings. The van der Waals surface area contributed by atoms with Gasteiger partial charge in [-0.2, -0.15) is 0 Å². The predicted molar refractivity (Wildman–Crippen MR) is 94.1 cm³/mol. The Kier molecular flexibility index (Phi) is 3.91. The fraction of sp³-hybridized carbons (Fsp3) is 0.842. The molecule has 6 aliphatic rings. The summed E-state index contributed by atoms with van der Waals surface area (Å²) in [5.74, 6) is 1.61. The van der Waals surface area contributed by atoms with Crippen LogP contribution in [0.1, 0.15) is 45.4 Å². The van der Waals surface area contributed by atoms with Crippen molar-refractivity contribution in [1.29, 1.82) is 0 Å². The summed E-state index contributed by atoms with van der Waals surface area (Å²) in [5, 5.41) is 29.8. The van der Waals surface area contributed by atoms with Crippen LogP contribution in [0.15, 0.2) is 10.7 Å². The number of hydrogen-bond donors (Lipinski definition) is 3. The Morgan fingerprint density at radius 2 is 1.65 bits per heavy atom. The first kappa shape index (κ1) is 17.3. The highest BCUT2D eigenvalue weighted by molar-refractivity contribution is 8.04. The van der Waals surface area contributed by atoms with Crippen molar-refractivity contribution >= 4 is 17.7 Å². The Morgan fingerprint density at radius 3 is 2.19 bits per heavy atom. The fourth-order valence-corrected chi connectivity index (χ4v) is 7.76. The standard InChI is InChI=1S/C19H26O6S/c1-8-12(20)13(21)14-18(24-8)25-16(15(26-14)17(22)23)19-5-9-2-10(6-19)4-11(3-9)7-19/h8-14,18,20-21H,2-7H2,1H3,(H,22,23). The van der Waals surface area contributed by atoms with E-state index >= 15 is 0 Å². The minimum atomic E-state index is -1.07. The highest BCUT2D eigenvalue weighted by Crippen LogP contribution is 2.64. The molecule has 6 rings (SSSR count). The quantitative estimate of drug-likeness (QED) is 0.673. The van der Waals surface area contributed by atoms with E-state index in [9.17, 15) is 20.1 Å². The molecule has 0 aromatic heterocycles. The average Bonchev–Trinajstić information content (AvgIpc) is 2.57. The minimum Gasteiger partial charge on any atom is -0.477 e. The van der Waals surface area contributed by atoms with E-state index in [4.69, 9.17) is 9.47 Å². The van der Waals surface area contributed by atoms with Crippen LogP contribution in [-0.4, -0.2) is 51.1 Å². The van der Waals surface area contributed by atoms with Crippen molar-refractivity contribution in [3.8, 4) is 0 Å². The molecule has 4 aliphatic carbocycles. The highest BCUT2D eigenvalue weighted by atomic mass is 32.2. The van der Waals surface area contributed by atoms with E-state index in [-0.39, 0.29) is 10.3 Å². The second kappa shape index (κ2) is 5.87. The van der Waals surface area contributed by atoms with Crippen LogP contribution >= 0.6 is 11.8 Å². The van der Waals surface area contributed by atoms with Crippen molar-refractivity contribution in [2.45, 2.75) is 75.3 Å². The molecular formula is C19H26O6S. The number of aliphatic carboxylic acids is 1. The maximum Gasteiger partial charge on any atom is 0.345 e. The van der Waals surface area contributed by atoms with Gasteiger partial charge in [0.15, 0.2) is 0 Å². The molecule has 2 aliphatic heterocycles. The first-order chi connectivity index (χ1) is 12.4. The van der Waals surface area contributed by atoms with Gasteiger partial charge in [0.1, 0.15) is 28.1 Å². The average molecular weight is 382 g/mol. The first-order valence-electron chi connectivity index (χ1n) is 9.69. The van der Waals surface area contributed by atoms with E-state index in [2.05, 4.69) is 0 Å². The van der Waals surface area contributed by atoms with E-state index in [0.717, 1.165) is 31.0 Å². The topological polar surface area (TPSA) is 96.2 Å². The van der Waals surface area contributed by atoms with Gasteiger partial charge >= 0.3 is 5.97 Å². The molecule has 6 nitrogen and oxygen atoms in total. The fourth-order valence-electron chi connectivity index (χ4n) is 6.48. The summed E-state index contributed by atoms with van der Waals surface area (Å²) in [6, 6.07) is 0. The zero-order chi connectivity index (χ0) is 18.2. The first-order valence-corrected chi connectivity index (χ1v) is 10.6. The van der Waals surface area contributed by atoms with Crippen molar-refractivity contribution in [2.24, 2.45) is 23.2 Å². The number of carboxylic acids is 1. The number of allylic oxidation sites excluding steroid dienone is 1. The Morgan fingerprint density at radius 1 is 1.08 bits per heavy atom. The van der Waals surface area contributed by atoms with Gasteiger partial charge in [-0.3, -0.25) is 0 Å². The third-order valence-electron chi connectivity index (χ3n) is 7.19. The van der Waals surface area contributed by atoms with Crippen molar-refractivity contribution in [3.05, 3.63) is 10.7 Å². The van der Waals surface area contributed by atoms with E-state index in [1.165, 1.54) is 19.3 Å². The number of carboxylic acid groups (broad SMARTS) is 1. The molecule has 0 aromatic rings. The van der Waals surface area contributed by atoms with Gasteiger partial charge in [-0.15, -0.1) is 11.8 Å². The van der Waals surface area contributed by atoms with Crippen LogP contribution in [-0.2, 0) is 14.3 Å². The molecular weight excluding hydrogens is 356 g/mol. The normalized spacial score (nSPS) is 52.6. The van der Waals surface area contributed by atoms with E-state index < -0.39 is 35.8 Å². The lowest BCUT2D eigenvalue weighted by Crippen LogP contribution is -2.58. The largest absolute Gasteiger partial charge is 0.477 e. The second-order valence-corrected chi connectivity index (χ2v) is 10.2. The number of hydrogen-bond acceptors (Lipinski definition) is 6. The number of aliphatic hydroxyl groups is 2. The summed E-state index contributed by atoms with van der Waals surface area (Å²) in [5.41, 5.74) is -0.186. The Balaban J connectivity index is 1.53. The lowest BCUT2D eigenvalue weighted by atomic mass is 9.49. The van der Waals surface area contributed by atoms with Crippen LogP contribution in [0, 0.1) is 23.2 Å². The molecule has 0 aromatic carbocycles.